The molecule has 0 saturated carbocycles. The number of nitrogens with zero attached hydrogens (tertiary/aromatic N) is 3. The van der Waals surface area contributed by atoms with E-state index in [1.807, 2.05) is 0 Å². The minimum Gasteiger partial charge on any atom is -0.271 e. The summed E-state index contributed by atoms with van der Waals surface area (Å²) < 4.78 is 29.0. The summed E-state index contributed by atoms with van der Waals surface area (Å²) in [5.74, 6) is 0.0210. The number of hydrogen-bond acceptors (Lipinski definition) is 2. The van der Waals surface area contributed by atoms with E-state index in [-0.39, 0.29) is 23.4 Å². The summed E-state index contributed by atoms with van der Waals surface area (Å²) in [5.41, 5.74) is 1.14. The predicted molar refractivity (Wildman–Crippen MR) is 80.6 cm³/mol. The Morgan fingerprint density at radius 1 is 0.957 bits per heavy atom. The van der Waals surface area contributed by atoms with Gasteiger partial charge in [-0.2, -0.15) is 4.68 Å². The van der Waals surface area contributed by atoms with Crippen LogP contribution in [0.1, 0.15) is 23.9 Å². The Kier molecular flexibility index (Phi) is 3.11. The molecule has 0 radical (unpaired) electrons. The Hall–Kier alpha value is -2.76. The smallest absolute Gasteiger partial charge is 0.271 e. The van der Waals surface area contributed by atoms with Crippen LogP contribution in [0.15, 0.2) is 53.3 Å². The Balaban J connectivity index is 1.79. The van der Waals surface area contributed by atoms with E-state index in [1.54, 1.807) is 16.7 Å². The molecule has 4 rings (SSSR count). The zero-order valence-electron chi connectivity index (χ0n) is 12.1. The average molecular weight is 313 g/mol. The van der Waals surface area contributed by atoms with Crippen LogP contribution < -0.4 is 5.69 Å². The summed E-state index contributed by atoms with van der Waals surface area (Å²) >= 11 is 0. The van der Waals surface area contributed by atoms with Crippen molar-refractivity contribution in [2.45, 2.75) is 18.9 Å². The van der Waals surface area contributed by atoms with Gasteiger partial charge >= 0.3 is 5.69 Å². The molecule has 2 aromatic carbocycles. The monoisotopic (exact) mass is 313 g/mol. The van der Waals surface area contributed by atoms with Gasteiger partial charge in [0.2, 0.25) is 0 Å². The first-order valence-electron chi connectivity index (χ1n) is 7.35. The summed E-state index contributed by atoms with van der Waals surface area (Å²) in [5, 5.41) is 4.35. The van der Waals surface area contributed by atoms with Crippen molar-refractivity contribution in [1.82, 2.24) is 14.3 Å². The first-order valence-corrected chi connectivity index (χ1v) is 7.35. The molecule has 6 heteroatoms. The lowest BCUT2D eigenvalue weighted by atomic mass is 10.1. The molecule has 1 aromatic heterocycles. The van der Waals surface area contributed by atoms with Gasteiger partial charge in [-0.15, -0.1) is 5.10 Å². The van der Waals surface area contributed by atoms with Gasteiger partial charge in [-0.3, -0.25) is 4.57 Å². The van der Waals surface area contributed by atoms with E-state index in [0.29, 0.717) is 17.9 Å². The zero-order chi connectivity index (χ0) is 16.0. The zero-order valence-corrected chi connectivity index (χ0v) is 12.1. The van der Waals surface area contributed by atoms with Gasteiger partial charge in [0.1, 0.15) is 17.5 Å². The molecular formula is C17H13F2N3O. The molecule has 0 fully saturated rings. The van der Waals surface area contributed by atoms with Crippen LogP contribution in [0.3, 0.4) is 0 Å². The maximum Gasteiger partial charge on any atom is 0.351 e. The molecular weight excluding hydrogens is 300 g/mol. The number of rotatable bonds is 2. The maximum atomic E-state index is 13.1. The SMILES string of the molecule is O=c1n(-c2ccc(F)cc2)nc2n1[C@H](c1ccc(F)cc1)CC2. The van der Waals surface area contributed by atoms with E-state index in [1.165, 1.54) is 41.1 Å². The summed E-state index contributed by atoms with van der Waals surface area (Å²) in [6, 6.07) is 11.7. The lowest BCUT2D eigenvalue weighted by Gasteiger charge is -2.12. The molecule has 0 saturated heterocycles. The number of hydrogen-bond donors (Lipinski definition) is 0. The van der Waals surface area contributed by atoms with Gasteiger partial charge in [0, 0.05) is 6.42 Å². The summed E-state index contributed by atoms with van der Waals surface area (Å²) in [6.07, 6.45) is 1.43. The van der Waals surface area contributed by atoms with E-state index in [0.717, 1.165) is 12.0 Å². The van der Waals surface area contributed by atoms with Gasteiger partial charge in [0.25, 0.3) is 0 Å². The fourth-order valence-corrected chi connectivity index (χ4v) is 3.05. The third kappa shape index (κ3) is 2.27. The Labute approximate surface area is 130 Å². The van der Waals surface area contributed by atoms with E-state index < -0.39 is 0 Å². The topological polar surface area (TPSA) is 39.8 Å². The van der Waals surface area contributed by atoms with Crippen molar-refractivity contribution in [3.8, 4) is 5.69 Å². The van der Waals surface area contributed by atoms with Gasteiger partial charge in [0.15, 0.2) is 0 Å². The highest BCUT2D eigenvalue weighted by Gasteiger charge is 2.29. The number of fused-ring (bicyclic) bond motifs is 1. The van der Waals surface area contributed by atoms with Gasteiger partial charge < -0.3 is 0 Å². The van der Waals surface area contributed by atoms with Crippen LogP contribution in [-0.2, 0) is 6.42 Å². The van der Waals surface area contributed by atoms with E-state index in [4.69, 9.17) is 0 Å². The largest absolute Gasteiger partial charge is 0.351 e. The first-order chi connectivity index (χ1) is 11.1. The van der Waals surface area contributed by atoms with E-state index in [2.05, 4.69) is 5.10 Å². The third-order valence-corrected chi connectivity index (χ3v) is 4.16. The maximum absolute atomic E-state index is 13.1. The Morgan fingerprint density at radius 2 is 1.57 bits per heavy atom. The van der Waals surface area contributed by atoms with Crippen LogP contribution >= 0.6 is 0 Å². The van der Waals surface area contributed by atoms with Crippen LogP contribution in [0.4, 0.5) is 8.78 Å². The van der Waals surface area contributed by atoms with E-state index in [9.17, 15) is 13.6 Å². The second-order valence-electron chi connectivity index (χ2n) is 5.56. The van der Waals surface area contributed by atoms with Crippen molar-refractivity contribution in [3.05, 3.63) is 82.0 Å². The fourth-order valence-electron chi connectivity index (χ4n) is 3.05. The highest BCUT2D eigenvalue weighted by molar-refractivity contribution is 5.31. The van der Waals surface area contributed by atoms with Crippen LogP contribution in [-0.4, -0.2) is 14.3 Å². The lowest BCUT2D eigenvalue weighted by Crippen LogP contribution is -2.26. The minimum atomic E-state index is -0.363. The Morgan fingerprint density at radius 3 is 2.22 bits per heavy atom. The first kappa shape index (κ1) is 13.9. The van der Waals surface area contributed by atoms with Crippen molar-refractivity contribution in [3.63, 3.8) is 0 Å². The number of aryl methyl sites for hydroxylation is 1. The lowest BCUT2D eigenvalue weighted by molar-refractivity contribution is 0.582. The molecule has 0 aliphatic carbocycles. The molecule has 0 amide bonds. The molecule has 0 spiro atoms. The van der Waals surface area contributed by atoms with Crippen LogP contribution in [0.5, 0.6) is 0 Å². The van der Waals surface area contributed by atoms with Crippen molar-refractivity contribution in [1.29, 1.82) is 0 Å². The van der Waals surface area contributed by atoms with E-state index >= 15 is 0 Å². The second-order valence-corrected chi connectivity index (χ2v) is 5.56. The third-order valence-electron chi connectivity index (χ3n) is 4.16. The van der Waals surface area contributed by atoms with Crippen molar-refractivity contribution < 1.29 is 8.78 Å². The quantitative estimate of drug-likeness (QED) is 0.730. The van der Waals surface area contributed by atoms with Crippen molar-refractivity contribution >= 4 is 0 Å². The molecule has 1 atom stereocenters. The highest BCUT2D eigenvalue weighted by atomic mass is 19.1. The van der Waals surface area contributed by atoms with Gasteiger partial charge in [0.05, 0.1) is 11.7 Å². The molecule has 116 valence electrons. The number of aromatic nitrogens is 3. The van der Waals surface area contributed by atoms with Gasteiger partial charge in [-0.25, -0.2) is 13.6 Å². The van der Waals surface area contributed by atoms with Crippen molar-refractivity contribution in [2.75, 3.05) is 0 Å². The summed E-state index contributed by atoms with van der Waals surface area (Å²) in [7, 11) is 0. The van der Waals surface area contributed by atoms with Gasteiger partial charge in [-0.1, -0.05) is 12.1 Å². The van der Waals surface area contributed by atoms with Crippen LogP contribution in [0, 0.1) is 11.6 Å². The molecule has 1 aliphatic heterocycles. The molecule has 4 nitrogen and oxygen atoms in total. The normalized spacial score (nSPS) is 16.5. The molecule has 23 heavy (non-hydrogen) atoms. The molecule has 1 aliphatic rings. The molecule has 0 unspecified atom stereocenters. The Bertz CT molecular complexity index is 911. The standard InChI is InChI=1S/C17H13F2N3O/c18-12-3-1-11(2-4-12)15-9-10-16-20-22(17(23)21(15)16)14-7-5-13(19)6-8-14/h1-8,15H,9-10H2/t15-/m0/s1. The van der Waals surface area contributed by atoms with Crippen molar-refractivity contribution in [2.24, 2.45) is 0 Å². The summed E-state index contributed by atoms with van der Waals surface area (Å²) in [6.45, 7) is 0. The van der Waals surface area contributed by atoms with Crippen LogP contribution in [0.2, 0.25) is 0 Å². The molecule has 0 N–H and O–H groups in total. The van der Waals surface area contributed by atoms with Crippen LogP contribution in [0.25, 0.3) is 5.69 Å². The second kappa shape index (κ2) is 5.15. The predicted octanol–water partition coefficient (Wildman–Crippen LogP) is 2.85. The highest BCUT2D eigenvalue weighted by Crippen LogP contribution is 2.29. The number of halogens is 2. The van der Waals surface area contributed by atoms with Gasteiger partial charge in [-0.05, 0) is 48.4 Å². The molecule has 3 aromatic rings. The minimum absolute atomic E-state index is 0.146. The molecule has 2 heterocycles. The number of benzene rings is 2. The summed E-state index contributed by atoms with van der Waals surface area (Å²) in [4.78, 5) is 12.7. The molecule has 0 bridgehead atoms. The average Bonchev–Trinajstić information content (AvgIpc) is 3.10. The fraction of sp³-hybridized carbons (Fsp3) is 0.176.